The van der Waals surface area contributed by atoms with Gasteiger partial charge in [0, 0.05) is 13.0 Å². The van der Waals surface area contributed by atoms with E-state index in [2.05, 4.69) is 35.0 Å². The zero-order chi connectivity index (χ0) is 10.8. The molecule has 1 aliphatic rings. The second kappa shape index (κ2) is 4.37. The largest absolute Gasteiger partial charge is 0.489 e. The van der Waals surface area contributed by atoms with Gasteiger partial charge in [0.05, 0.1) is 4.47 Å². The summed E-state index contributed by atoms with van der Waals surface area (Å²) in [6.45, 7) is 2.66. The maximum atomic E-state index is 5.70. The topological polar surface area (TPSA) is 35.2 Å². The monoisotopic (exact) mass is 267 g/mol. The van der Waals surface area contributed by atoms with Crippen LogP contribution >= 0.6 is 15.9 Å². The van der Waals surface area contributed by atoms with Gasteiger partial charge in [0.1, 0.15) is 11.9 Å². The van der Waals surface area contributed by atoms with Crippen LogP contribution in [0.4, 0.5) is 0 Å². The molecule has 3 heteroatoms. The highest BCUT2D eigenvalue weighted by atomic mass is 79.9. The van der Waals surface area contributed by atoms with Crippen LogP contribution in [-0.4, -0.2) is 12.6 Å². The molecule has 2 nitrogen and oxygen atoms in total. The van der Waals surface area contributed by atoms with E-state index in [1.807, 2.05) is 12.2 Å². The van der Waals surface area contributed by atoms with Crippen LogP contribution in [0.15, 0.2) is 22.7 Å². The Balaban J connectivity index is 2.35. The fraction of sp³-hybridized carbons (Fsp3) is 0.333. The first-order chi connectivity index (χ1) is 7.20. The molecule has 0 saturated carbocycles. The van der Waals surface area contributed by atoms with Gasteiger partial charge in [-0.05, 0) is 46.1 Å². The van der Waals surface area contributed by atoms with Crippen molar-refractivity contribution in [1.82, 2.24) is 0 Å². The first-order valence-electron chi connectivity index (χ1n) is 5.06. The summed E-state index contributed by atoms with van der Waals surface area (Å²) in [5, 5.41) is 0. The molecule has 0 aromatic heterocycles. The van der Waals surface area contributed by atoms with Crippen molar-refractivity contribution in [3.8, 4) is 5.75 Å². The molecule has 2 N–H and O–H groups in total. The van der Waals surface area contributed by atoms with Crippen molar-refractivity contribution in [3.05, 3.63) is 33.8 Å². The molecule has 0 aliphatic carbocycles. The highest BCUT2D eigenvalue weighted by Gasteiger charge is 2.21. The summed E-state index contributed by atoms with van der Waals surface area (Å²) in [4.78, 5) is 0. The van der Waals surface area contributed by atoms with E-state index in [4.69, 9.17) is 10.5 Å². The summed E-state index contributed by atoms with van der Waals surface area (Å²) in [6.07, 6.45) is 5.25. The summed E-state index contributed by atoms with van der Waals surface area (Å²) in [6, 6.07) is 4.22. The van der Waals surface area contributed by atoms with Gasteiger partial charge in [0.2, 0.25) is 0 Å². The van der Waals surface area contributed by atoms with Gasteiger partial charge < -0.3 is 10.5 Å². The molecule has 1 atom stereocenters. The lowest BCUT2D eigenvalue weighted by atomic mass is 10.1. The van der Waals surface area contributed by atoms with E-state index in [1.165, 1.54) is 11.1 Å². The van der Waals surface area contributed by atoms with Crippen molar-refractivity contribution >= 4 is 22.0 Å². The second-order valence-corrected chi connectivity index (χ2v) is 4.62. The third kappa shape index (κ3) is 2.24. The van der Waals surface area contributed by atoms with Crippen LogP contribution in [-0.2, 0) is 6.42 Å². The van der Waals surface area contributed by atoms with Crippen LogP contribution in [0.3, 0.4) is 0 Å². The Hall–Kier alpha value is -0.800. The molecule has 1 heterocycles. The molecule has 1 aromatic carbocycles. The second-order valence-electron chi connectivity index (χ2n) is 3.76. The number of hydrogen-bond donors (Lipinski definition) is 1. The Morgan fingerprint density at radius 2 is 2.40 bits per heavy atom. The van der Waals surface area contributed by atoms with Gasteiger partial charge in [0.15, 0.2) is 0 Å². The Labute approximate surface area is 98.2 Å². The average Bonchev–Trinajstić information content (AvgIpc) is 2.56. The van der Waals surface area contributed by atoms with Crippen LogP contribution in [0.2, 0.25) is 0 Å². The molecular weight excluding hydrogens is 254 g/mol. The maximum absolute atomic E-state index is 5.70. The van der Waals surface area contributed by atoms with Crippen LogP contribution in [0.25, 0.3) is 6.08 Å². The van der Waals surface area contributed by atoms with E-state index >= 15 is 0 Å². The molecule has 0 amide bonds. The Morgan fingerprint density at radius 3 is 3.13 bits per heavy atom. The summed E-state index contributed by atoms with van der Waals surface area (Å²) < 4.78 is 6.73. The molecule has 1 unspecified atom stereocenters. The number of rotatable bonds is 2. The minimum atomic E-state index is 0.282. The molecule has 80 valence electrons. The summed E-state index contributed by atoms with van der Waals surface area (Å²) in [5.74, 6) is 0.993. The number of nitrogens with two attached hydrogens (primary N) is 1. The van der Waals surface area contributed by atoms with E-state index in [9.17, 15) is 0 Å². The average molecular weight is 268 g/mol. The molecule has 1 aromatic rings. The van der Waals surface area contributed by atoms with Gasteiger partial charge in [-0.2, -0.15) is 0 Å². The summed E-state index contributed by atoms with van der Waals surface area (Å²) >= 11 is 3.53. The molecule has 15 heavy (non-hydrogen) atoms. The molecule has 0 radical (unpaired) electrons. The predicted octanol–water partition coefficient (Wildman–Crippen LogP) is 2.74. The third-order valence-electron chi connectivity index (χ3n) is 2.42. The minimum absolute atomic E-state index is 0.282. The zero-order valence-electron chi connectivity index (χ0n) is 8.66. The van der Waals surface area contributed by atoms with Gasteiger partial charge in [-0.25, -0.2) is 0 Å². The standard InChI is InChI=1S/C12H14BrNO/c1-8-5-10-6-9(3-2-4-14)7-11(13)12(10)15-8/h2-3,6-8H,4-5,14H2,1H3/b3-2+. The maximum Gasteiger partial charge on any atom is 0.137 e. The van der Waals surface area contributed by atoms with Gasteiger partial charge in [-0.3, -0.25) is 0 Å². The number of ether oxygens (including phenoxy) is 1. The highest BCUT2D eigenvalue weighted by Crippen LogP contribution is 2.37. The Morgan fingerprint density at radius 1 is 1.60 bits per heavy atom. The SMILES string of the molecule is CC1Cc2cc(/C=C/CN)cc(Br)c2O1. The van der Waals surface area contributed by atoms with Gasteiger partial charge in [-0.15, -0.1) is 0 Å². The number of halogens is 1. The van der Waals surface area contributed by atoms with Crippen molar-refractivity contribution in [2.75, 3.05) is 6.54 Å². The molecule has 2 rings (SSSR count). The van der Waals surface area contributed by atoms with Crippen molar-refractivity contribution in [3.63, 3.8) is 0 Å². The van der Waals surface area contributed by atoms with Crippen LogP contribution in [0.1, 0.15) is 18.1 Å². The van der Waals surface area contributed by atoms with Gasteiger partial charge in [0.25, 0.3) is 0 Å². The van der Waals surface area contributed by atoms with Crippen molar-refractivity contribution in [2.45, 2.75) is 19.4 Å². The lowest BCUT2D eigenvalue weighted by Crippen LogP contribution is -2.05. The van der Waals surface area contributed by atoms with Crippen molar-refractivity contribution in [1.29, 1.82) is 0 Å². The molecule has 0 bridgehead atoms. The number of hydrogen-bond acceptors (Lipinski definition) is 2. The smallest absolute Gasteiger partial charge is 0.137 e. The van der Waals surface area contributed by atoms with E-state index in [-0.39, 0.29) is 6.10 Å². The molecule has 0 spiro atoms. The normalized spacial score (nSPS) is 19.3. The Bertz CT molecular complexity index is 401. The summed E-state index contributed by atoms with van der Waals surface area (Å²) in [5.41, 5.74) is 7.87. The fourth-order valence-corrected chi connectivity index (χ4v) is 2.42. The minimum Gasteiger partial charge on any atom is -0.489 e. The lowest BCUT2D eigenvalue weighted by Gasteiger charge is -2.05. The Kier molecular flexibility index (Phi) is 3.12. The zero-order valence-corrected chi connectivity index (χ0v) is 10.3. The number of fused-ring (bicyclic) bond motifs is 1. The molecule has 0 saturated heterocycles. The molecular formula is C12H14BrNO. The molecule has 1 aliphatic heterocycles. The van der Waals surface area contributed by atoms with Gasteiger partial charge >= 0.3 is 0 Å². The van der Waals surface area contributed by atoms with Crippen LogP contribution in [0.5, 0.6) is 5.75 Å². The fourth-order valence-electron chi connectivity index (χ4n) is 1.81. The lowest BCUT2D eigenvalue weighted by molar-refractivity contribution is 0.253. The third-order valence-corrected chi connectivity index (χ3v) is 3.00. The number of benzene rings is 1. The van der Waals surface area contributed by atoms with Crippen LogP contribution < -0.4 is 10.5 Å². The quantitative estimate of drug-likeness (QED) is 0.895. The van der Waals surface area contributed by atoms with Crippen molar-refractivity contribution < 1.29 is 4.74 Å². The summed E-state index contributed by atoms with van der Waals surface area (Å²) in [7, 11) is 0. The van der Waals surface area contributed by atoms with E-state index < -0.39 is 0 Å². The van der Waals surface area contributed by atoms with Crippen LogP contribution in [0, 0.1) is 0 Å². The first kappa shape index (κ1) is 10.7. The highest BCUT2D eigenvalue weighted by molar-refractivity contribution is 9.10. The predicted molar refractivity (Wildman–Crippen MR) is 66.0 cm³/mol. The van der Waals surface area contributed by atoms with E-state index in [0.29, 0.717) is 6.54 Å². The van der Waals surface area contributed by atoms with E-state index in [1.54, 1.807) is 0 Å². The van der Waals surface area contributed by atoms with E-state index in [0.717, 1.165) is 16.6 Å². The van der Waals surface area contributed by atoms with Crippen molar-refractivity contribution in [2.24, 2.45) is 5.73 Å². The van der Waals surface area contributed by atoms with Gasteiger partial charge in [-0.1, -0.05) is 12.2 Å². The molecule has 0 fully saturated rings. The first-order valence-corrected chi connectivity index (χ1v) is 5.85.